The van der Waals surface area contributed by atoms with E-state index in [1.165, 1.54) is 5.56 Å². The molecule has 0 saturated carbocycles. The molecule has 1 aliphatic heterocycles. The summed E-state index contributed by atoms with van der Waals surface area (Å²) in [6.45, 7) is 2.50. The average Bonchev–Trinajstić information content (AvgIpc) is 2.56. The summed E-state index contributed by atoms with van der Waals surface area (Å²) >= 11 is 0. The molecule has 1 fully saturated rings. The van der Waals surface area contributed by atoms with Gasteiger partial charge in [-0.1, -0.05) is 0 Å². The maximum absolute atomic E-state index is 12.7. The number of anilines is 1. The van der Waals surface area contributed by atoms with E-state index in [0.29, 0.717) is 0 Å². The van der Waals surface area contributed by atoms with Gasteiger partial charge in [-0.15, -0.1) is 0 Å². The Bertz CT molecular complexity index is 662. The van der Waals surface area contributed by atoms with Crippen LogP contribution in [0.3, 0.4) is 0 Å². The predicted molar refractivity (Wildman–Crippen MR) is 83.2 cm³/mol. The smallest absolute Gasteiger partial charge is 0.350 e. The molecule has 1 aliphatic rings. The van der Waals surface area contributed by atoms with Gasteiger partial charge in [0.15, 0.2) is 0 Å². The van der Waals surface area contributed by atoms with Crippen LogP contribution in [0.15, 0.2) is 36.8 Å². The lowest BCUT2D eigenvalue weighted by atomic mass is 10.1. The Morgan fingerprint density at radius 2 is 1.96 bits per heavy atom. The first-order valence-corrected chi connectivity index (χ1v) is 7.79. The highest BCUT2D eigenvalue weighted by atomic mass is 19.4. The molecule has 0 spiro atoms. The number of nitrogens with one attached hydrogen (secondary N) is 1. The molecule has 2 aromatic heterocycles. The molecule has 3 heterocycles. The van der Waals surface area contributed by atoms with Crippen molar-refractivity contribution in [3.63, 3.8) is 0 Å². The Labute approximate surface area is 138 Å². The van der Waals surface area contributed by atoms with E-state index < -0.39 is 11.9 Å². The summed E-state index contributed by atoms with van der Waals surface area (Å²) in [5.74, 6) is 0.0283. The Morgan fingerprint density at radius 1 is 1.17 bits per heavy atom. The molecule has 8 heteroatoms. The number of likely N-dealkylation sites (tertiary alicyclic amines) is 1. The quantitative estimate of drug-likeness (QED) is 0.930. The fourth-order valence-electron chi connectivity index (χ4n) is 2.83. The van der Waals surface area contributed by atoms with Gasteiger partial charge in [0.1, 0.15) is 5.69 Å². The van der Waals surface area contributed by atoms with Crippen molar-refractivity contribution in [2.45, 2.75) is 31.6 Å². The molecular formula is C16H18F3N5. The highest BCUT2D eigenvalue weighted by Gasteiger charge is 2.33. The molecule has 3 rings (SSSR count). The van der Waals surface area contributed by atoms with Crippen LogP contribution in [-0.2, 0) is 12.7 Å². The van der Waals surface area contributed by atoms with Crippen molar-refractivity contribution in [2.75, 3.05) is 18.4 Å². The number of nitrogens with zero attached hydrogens (tertiary/aromatic N) is 4. The second kappa shape index (κ2) is 7.12. The van der Waals surface area contributed by atoms with Gasteiger partial charge in [0.25, 0.3) is 0 Å². The third-order valence-electron chi connectivity index (χ3n) is 3.94. The van der Waals surface area contributed by atoms with E-state index in [9.17, 15) is 13.2 Å². The molecule has 0 aliphatic carbocycles. The van der Waals surface area contributed by atoms with Crippen LogP contribution in [-0.4, -0.2) is 39.0 Å². The molecule has 0 amide bonds. The minimum absolute atomic E-state index is 0.0283. The van der Waals surface area contributed by atoms with Crippen molar-refractivity contribution < 1.29 is 13.2 Å². The third-order valence-corrected chi connectivity index (χ3v) is 3.94. The van der Waals surface area contributed by atoms with Crippen molar-refractivity contribution >= 4 is 5.95 Å². The van der Waals surface area contributed by atoms with Crippen molar-refractivity contribution in [3.05, 3.63) is 48.0 Å². The highest BCUT2D eigenvalue weighted by Crippen LogP contribution is 2.27. The Kier molecular flexibility index (Phi) is 4.94. The molecule has 1 N–H and O–H groups in total. The van der Waals surface area contributed by atoms with E-state index in [1.54, 1.807) is 12.4 Å². The first kappa shape index (κ1) is 16.6. The van der Waals surface area contributed by atoms with Crippen molar-refractivity contribution in [3.8, 4) is 0 Å². The average molecular weight is 337 g/mol. The summed E-state index contributed by atoms with van der Waals surface area (Å²) < 4.78 is 38.2. The first-order valence-electron chi connectivity index (χ1n) is 7.79. The van der Waals surface area contributed by atoms with Crippen LogP contribution >= 0.6 is 0 Å². The molecule has 1 saturated heterocycles. The van der Waals surface area contributed by atoms with Crippen molar-refractivity contribution in [2.24, 2.45) is 0 Å². The lowest BCUT2D eigenvalue weighted by molar-refractivity contribution is -0.141. The molecular weight excluding hydrogens is 319 g/mol. The number of halogens is 3. The monoisotopic (exact) mass is 337 g/mol. The molecule has 0 radical (unpaired) electrons. The fourth-order valence-corrected chi connectivity index (χ4v) is 2.83. The maximum Gasteiger partial charge on any atom is 0.433 e. The van der Waals surface area contributed by atoms with Gasteiger partial charge in [0.2, 0.25) is 5.95 Å². The van der Waals surface area contributed by atoms with E-state index in [1.807, 2.05) is 12.1 Å². The van der Waals surface area contributed by atoms with E-state index in [4.69, 9.17) is 0 Å². The molecule has 0 bridgehead atoms. The second-order valence-corrected chi connectivity index (χ2v) is 5.84. The first-order chi connectivity index (χ1) is 11.5. The summed E-state index contributed by atoms with van der Waals surface area (Å²) in [4.78, 5) is 13.7. The number of hydrogen-bond acceptors (Lipinski definition) is 5. The van der Waals surface area contributed by atoms with Gasteiger partial charge in [0.05, 0.1) is 0 Å². The second-order valence-electron chi connectivity index (χ2n) is 5.84. The molecule has 24 heavy (non-hydrogen) atoms. The predicted octanol–water partition coefficient (Wildman–Crippen LogP) is 2.97. The van der Waals surface area contributed by atoms with Gasteiger partial charge in [0, 0.05) is 37.7 Å². The van der Waals surface area contributed by atoms with Crippen LogP contribution in [0.5, 0.6) is 0 Å². The Hall–Kier alpha value is -2.22. The van der Waals surface area contributed by atoms with Crippen molar-refractivity contribution in [1.82, 2.24) is 19.9 Å². The molecule has 128 valence electrons. The van der Waals surface area contributed by atoms with Gasteiger partial charge in [-0.2, -0.15) is 13.2 Å². The van der Waals surface area contributed by atoms with Crippen LogP contribution in [0.25, 0.3) is 0 Å². The maximum atomic E-state index is 12.7. The van der Waals surface area contributed by atoms with E-state index in [-0.39, 0.29) is 12.0 Å². The summed E-state index contributed by atoms with van der Waals surface area (Å²) in [7, 11) is 0. The van der Waals surface area contributed by atoms with Gasteiger partial charge < -0.3 is 5.32 Å². The number of piperidine rings is 1. The van der Waals surface area contributed by atoms with Crippen LogP contribution in [0.1, 0.15) is 24.1 Å². The summed E-state index contributed by atoms with van der Waals surface area (Å²) in [6.07, 6.45) is 2.04. The minimum Gasteiger partial charge on any atom is -0.350 e. The Balaban J connectivity index is 1.61. The zero-order valence-electron chi connectivity index (χ0n) is 13.0. The van der Waals surface area contributed by atoms with Gasteiger partial charge in [-0.25, -0.2) is 9.97 Å². The van der Waals surface area contributed by atoms with Crippen LogP contribution in [0.4, 0.5) is 19.1 Å². The largest absolute Gasteiger partial charge is 0.433 e. The summed E-state index contributed by atoms with van der Waals surface area (Å²) in [5, 5.41) is 3.03. The summed E-state index contributed by atoms with van der Waals surface area (Å²) in [6, 6.07) is 4.84. The minimum atomic E-state index is -4.46. The van der Waals surface area contributed by atoms with E-state index >= 15 is 0 Å². The number of aromatic nitrogens is 3. The normalized spacial score (nSPS) is 19.2. The van der Waals surface area contributed by atoms with Crippen LogP contribution < -0.4 is 5.32 Å². The Morgan fingerprint density at radius 3 is 2.71 bits per heavy atom. The van der Waals surface area contributed by atoms with Crippen molar-refractivity contribution in [1.29, 1.82) is 0 Å². The van der Waals surface area contributed by atoms with Gasteiger partial charge in [-0.3, -0.25) is 9.88 Å². The van der Waals surface area contributed by atoms with Gasteiger partial charge in [-0.05, 0) is 43.1 Å². The highest BCUT2D eigenvalue weighted by molar-refractivity contribution is 5.28. The fraction of sp³-hybridized carbons (Fsp3) is 0.438. The zero-order chi connectivity index (χ0) is 17.0. The molecule has 0 aromatic carbocycles. The number of pyridine rings is 1. The zero-order valence-corrected chi connectivity index (χ0v) is 13.0. The van der Waals surface area contributed by atoms with E-state index in [0.717, 1.165) is 44.7 Å². The molecule has 2 aromatic rings. The lowest BCUT2D eigenvalue weighted by Gasteiger charge is -2.33. The van der Waals surface area contributed by atoms with E-state index in [2.05, 4.69) is 25.2 Å². The topological polar surface area (TPSA) is 53.9 Å². The third kappa shape index (κ3) is 4.41. The van der Waals surface area contributed by atoms with Gasteiger partial charge >= 0.3 is 6.18 Å². The number of rotatable bonds is 4. The van der Waals surface area contributed by atoms with Crippen LogP contribution in [0.2, 0.25) is 0 Å². The molecule has 1 unspecified atom stereocenters. The molecule has 1 atom stereocenters. The number of hydrogen-bond donors (Lipinski definition) is 1. The number of alkyl halides is 3. The lowest BCUT2D eigenvalue weighted by Crippen LogP contribution is -2.42. The summed E-state index contributed by atoms with van der Waals surface area (Å²) in [5.41, 5.74) is 0.241. The molecule has 5 nitrogen and oxygen atoms in total. The van der Waals surface area contributed by atoms with Crippen LogP contribution in [0, 0.1) is 0 Å². The standard InChI is InChI=1S/C16H18F3N5/c17-16(18,19)14-5-8-21-15(23-14)22-13-2-1-9-24(11-13)10-12-3-6-20-7-4-12/h3-8,13H,1-2,9-11H2,(H,21,22,23). The SMILES string of the molecule is FC(F)(F)c1ccnc(NC2CCCN(Cc3ccncc3)C2)n1.